The summed E-state index contributed by atoms with van der Waals surface area (Å²) in [5.74, 6) is 1.53. The molecule has 0 spiro atoms. The van der Waals surface area contributed by atoms with E-state index in [1.54, 1.807) is 31.0 Å². The van der Waals surface area contributed by atoms with Crippen molar-refractivity contribution in [3.8, 4) is 5.88 Å². The van der Waals surface area contributed by atoms with Gasteiger partial charge in [-0.25, -0.2) is 9.97 Å². The van der Waals surface area contributed by atoms with E-state index in [-0.39, 0.29) is 5.92 Å². The van der Waals surface area contributed by atoms with E-state index < -0.39 is 0 Å². The molecule has 11 heteroatoms. The van der Waals surface area contributed by atoms with E-state index in [1.165, 1.54) is 10.4 Å². The number of nitrogens with zero attached hydrogens (tertiary/aromatic N) is 6. The molecule has 1 saturated heterocycles. The number of nitrogens with one attached hydrogen (secondary N) is 2. The number of aromatic amines is 1. The Kier molecular flexibility index (Phi) is 5.30. The number of piperazine rings is 1. The summed E-state index contributed by atoms with van der Waals surface area (Å²) in [7, 11) is 3.70. The van der Waals surface area contributed by atoms with Crippen molar-refractivity contribution < 1.29 is 9.53 Å². The number of hydrogen-bond donors (Lipinski definition) is 2. The first-order valence-electron chi connectivity index (χ1n) is 11.5. The second kappa shape index (κ2) is 8.48. The van der Waals surface area contributed by atoms with Crippen LogP contribution in [0.4, 0.5) is 11.5 Å². The van der Waals surface area contributed by atoms with Crippen molar-refractivity contribution in [3.05, 3.63) is 29.0 Å². The normalized spacial score (nSPS) is 18.9. The first kappa shape index (κ1) is 21.2. The number of carbonyl (C=O) groups excluding carboxylic acids is 1. The van der Waals surface area contributed by atoms with Gasteiger partial charge in [0.1, 0.15) is 22.7 Å². The van der Waals surface area contributed by atoms with Gasteiger partial charge in [0.15, 0.2) is 5.65 Å². The van der Waals surface area contributed by atoms with Gasteiger partial charge in [-0.3, -0.25) is 9.89 Å². The number of hydrogen-bond acceptors (Lipinski definition) is 9. The number of anilines is 2. The van der Waals surface area contributed by atoms with Crippen LogP contribution in [0, 0.1) is 5.92 Å². The fourth-order valence-electron chi connectivity index (χ4n) is 4.94. The molecule has 0 bridgehead atoms. The topological polar surface area (TPSA) is 112 Å². The molecule has 0 radical (unpaired) electrons. The molecule has 1 aliphatic heterocycles. The number of rotatable bonds is 4. The minimum atomic E-state index is 0.0427. The molecule has 1 unspecified atom stereocenters. The van der Waals surface area contributed by atoms with Gasteiger partial charge in [-0.05, 0) is 37.9 Å². The van der Waals surface area contributed by atoms with Gasteiger partial charge in [0.05, 0.1) is 18.7 Å². The Labute approximate surface area is 200 Å². The summed E-state index contributed by atoms with van der Waals surface area (Å²) in [4.78, 5) is 33.3. The summed E-state index contributed by atoms with van der Waals surface area (Å²) < 4.78 is 5.50. The molecular formula is C23H26N8O2S. The number of ether oxygens (including phenoxy) is 1. The Balaban J connectivity index is 1.30. The average molecular weight is 479 g/mol. The second-order valence-electron chi connectivity index (χ2n) is 8.95. The van der Waals surface area contributed by atoms with Crippen molar-refractivity contribution in [2.75, 3.05) is 45.7 Å². The Hall–Kier alpha value is -3.31. The SMILES string of the molecule is COc1nc2[nH]ncc2cc1Nc1ncnc2sc3c(c12)CCC(C(=O)N1CCN(C)CC1)C3. The first-order valence-corrected chi connectivity index (χ1v) is 12.3. The highest BCUT2D eigenvalue weighted by molar-refractivity contribution is 7.19. The van der Waals surface area contributed by atoms with Crippen molar-refractivity contribution in [2.24, 2.45) is 5.92 Å². The van der Waals surface area contributed by atoms with Crippen LogP contribution in [0.15, 0.2) is 18.6 Å². The molecule has 1 aliphatic carbocycles. The van der Waals surface area contributed by atoms with E-state index in [0.717, 1.165) is 72.5 Å². The molecule has 4 aromatic heterocycles. The predicted octanol–water partition coefficient (Wildman–Crippen LogP) is 2.59. The van der Waals surface area contributed by atoms with Crippen molar-refractivity contribution in [2.45, 2.75) is 19.3 Å². The number of thiophene rings is 1. The van der Waals surface area contributed by atoms with Crippen LogP contribution in [-0.2, 0) is 17.6 Å². The fraction of sp³-hybridized carbons (Fsp3) is 0.435. The number of H-pyrrole nitrogens is 1. The van der Waals surface area contributed by atoms with Crippen LogP contribution in [0.25, 0.3) is 21.3 Å². The number of amides is 1. The Morgan fingerprint density at radius 3 is 2.94 bits per heavy atom. The number of fused-ring (bicyclic) bond motifs is 4. The van der Waals surface area contributed by atoms with E-state index in [1.807, 2.05) is 11.0 Å². The van der Waals surface area contributed by atoms with Crippen LogP contribution in [0.2, 0.25) is 0 Å². The summed E-state index contributed by atoms with van der Waals surface area (Å²) in [6, 6.07) is 1.95. The van der Waals surface area contributed by atoms with Crippen molar-refractivity contribution in [1.29, 1.82) is 0 Å². The first-order chi connectivity index (χ1) is 16.6. The van der Waals surface area contributed by atoms with Crippen molar-refractivity contribution in [1.82, 2.24) is 34.9 Å². The average Bonchev–Trinajstić information content (AvgIpc) is 3.47. The quantitative estimate of drug-likeness (QED) is 0.460. The zero-order chi connectivity index (χ0) is 23.2. The standard InChI is InChI=1S/C23H26N8O2S/c1-30-5-7-31(8-6-30)23(32)13-3-4-15-17(10-13)34-22-18(15)20(24-12-25-22)27-16-9-14-11-26-29-19(14)28-21(16)33-2/h9,11-13H,3-8,10H2,1-2H3,(H,24,25,27)(H,26,28,29). The van der Waals surface area contributed by atoms with Crippen LogP contribution >= 0.6 is 11.3 Å². The highest BCUT2D eigenvalue weighted by Gasteiger charge is 2.32. The number of methoxy groups -OCH3 is 1. The van der Waals surface area contributed by atoms with Crippen LogP contribution in [-0.4, -0.2) is 81.2 Å². The maximum atomic E-state index is 13.2. The number of likely N-dealkylation sites (N-methyl/N-ethyl adjacent to an activating group) is 1. The Morgan fingerprint density at radius 1 is 1.26 bits per heavy atom. The Morgan fingerprint density at radius 2 is 2.12 bits per heavy atom. The fourth-order valence-corrected chi connectivity index (χ4v) is 6.20. The van der Waals surface area contributed by atoms with Crippen LogP contribution in [0.3, 0.4) is 0 Å². The molecule has 1 amide bonds. The van der Waals surface area contributed by atoms with Crippen LogP contribution in [0.1, 0.15) is 16.9 Å². The molecule has 0 aromatic carbocycles. The lowest BCUT2D eigenvalue weighted by atomic mass is 9.86. The molecule has 0 saturated carbocycles. The van der Waals surface area contributed by atoms with E-state index in [2.05, 4.69) is 42.4 Å². The van der Waals surface area contributed by atoms with E-state index in [9.17, 15) is 4.79 Å². The summed E-state index contributed by atoms with van der Waals surface area (Å²) in [6.07, 6.45) is 5.77. The summed E-state index contributed by atoms with van der Waals surface area (Å²) in [6.45, 7) is 3.53. The van der Waals surface area contributed by atoms with E-state index in [4.69, 9.17) is 4.74 Å². The zero-order valence-corrected chi connectivity index (χ0v) is 20.0. The lowest BCUT2D eigenvalue weighted by Crippen LogP contribution is -2.49. The lowest BCUT2D eigenvalue weighted by Gasteiger charge is -2.35. The summed E-state index contributed by atoms with van der Waals surface area (Å²) in [5.41, 5.74) is 2.64. The molecule has 176 valence electrons. The minimum absolute atomic E-state index is 0.0427. The van der Waals surface area contributed by atoms with Gasteiger partial charge in [0.25, 0.3) is 0 Å². The third-order valence-electron chi connectivity index (χ3n) is 6.85. The van der Waals surface area contributed by atoms with Gasteiger partial charge in [-0.2, -0.15) is 10.1 Å². The van der Waals surface area contributed by atoms with Gasteiger partial charge in [-0.1, -0.05) is 0 Å². The largest absolute Gasteiger partial charge is 0.479 e. The molecule has 1 fully saturated rings. The molecule has 6 rings (SSSR count). The maximum absolute atomic E-state index is 13.2. The number of carbonyl (C=O) groups is 1. The van der Waals surface area contributed by atoms with Crippen molar-refractivity contribution in [3.63, 3.8) is 0 Å². The summed E-state index contributed by atoms with van der Waals surface area (Å²) >= 11 is 1.67. The van der Waals surface area contributed by atoms with E-state index >= 15 is 0 Å². The molecule has 2 N–H and O–H groups in total. The zero-order valence-electron chi connectivity index (χ0n) is 19.2. The number of aryl methyl sites for hydroxylation is 1. The molecule has 4 aromatic rings. The van der Waals surface area contributed by atoms with E-state index in [0.29, 0.717) is 17.4 Å². The maximum Gasteiger partial charge on any atom is 0.239 e. The van der Waals surface area contributed by atoms with Gasteiger partial charge < -0.3 is 19.9 Å². The highest BCUT2D eigenvalue weighted by Crippen LogP contribution is 2.41. The molecule has 1 atom stereocenters. The minimum Gasteiger partial charge on any atom is -0.479 e. The second-order valence-corrected chi connectivity index (χ2v) is 10.0. The molecule has 2 aliphatic rings. The predicted molar refractivity (Wildman–Crippen MR) is 131 cm³/mol. The number of aromatic nitrogens is 5. The van der Waals surface area contributed by atoms with Gasteiger partial charge in [0.2, 0.25) is 11.8 Å². The van der Waals surface area contributed by atoms with Crippen LogP contribution < -0.4 is 10.1 Å². The smallest absolute Gasteiger partial charge is 0.239 e. The van der Waals surface area contributed by atoms with Crippen LogP contribution in [0.5, 0.6) is 5.88 Å². The third kappa shape index (κ3) is 3.64. The molecule has 10 nitrogen and oxygen atoms in total. The molecule has 34 heavy (non-hydrogen) atoms. The highest BCUT2D eigenvalue weighted by atomic mass is 32.1. The lowest BCUT2D eigenvalue weighted by molar-refractivity contribution is -0.137. The Bertz CT molecular complexity index is 1370. The van der Waals surface area contributed by atoms with Gasteiger partial charge >= 0.3 is 0 Å². The monoisotopic (exact) mass is 478 g/mol. The van der Waals surface area contributed by atoms with Gasteiger partial charge in [-0.15, -0.1) is 11.3 Å². The van der Waals surface area contributed by atoms with Gasteiger partial charge in [0, 0.05) is 42.4 Å². The molecule has 5 heterocycles. The number of pyridine rings is 1. The molecular weight excluding hydrogens is 452 g/mol. The third-order valence-corrected chi connectivity index (χ3v) is 8.01. The summed E-state index contributed by atoms with van der Waals surface area (Å²) in [5, 5.41) is 12.3. The van der Waals surface area contributed by atoms with Crippen molar-refractivity contribution >= 4 is 50.0 Å².